The van der Waals surface area contributed by atoms with Crippen molar-refractivity contribution in [2.24, 2.45) is 17.8 Å². The Morgan fingerprint density at radius 3 is 2.88 bits per heavy atom. The molecule has 0 radical (unpaired) electrons. The lowest BCUT2D eigenvalue weighted by molar-refractivity contribution is -0.138. The lowest BCUT2D eigenvalue weighted by atomic mass is 9.86. The number of rotatable bonds is 2. The van der Waals surface area contributed by atoms with Gasteiger partial charge in [0.05, 0.1) is 11.0 Å². The molecule has 3 aliphatic rings. The number of imidazole rings is 1. The number of aromatic nitrogens is 2. The van der Waals surface area contributed by atoms with E-state index >= 15 is 0 Å². The summed E-state index contributed by atoms with van der Waals surface area (Å²) in [6.07, 6.45) is 7.30. The predicted molar refractivity (Wildman–Crippen MR) is 93.6 cm³/mol. The van der Waals surface area contributed by atoms with E-state index in [1.807, 2.05) is 12.1 Å². The minimum atomic E-state index is 0.318. The van der Waals surface area contributed by atoms with Crippen LogP contribution in [0.4, 0.5) is 0 Å². The van der Waals surface area contributed by atoms with Crippen LogP contribution in [0.2, 0.25) is 0 Å². The van der Waals surface area contributed by atoms with Crippen molar-refractivity contribution in [2.75, 3.05) is 13.1 Å². The zero-order valence-corrected chi connectivity index (χ0v) is 14.1. The average molecular weight is 323 g/mol. The van der Waals surface area contributed by atoms with Gasteiger partial charge >= 0.3 is 0 Å². The average Bonchev–Trinajstić information content (AvgIpc) is 3.35. The maximum atomic E-state index is 13.0. The number of carbonyl (C=O) groups is 1. The van der Waals surface area contributed by atoms with Crippen LogP contribution in [-0.4, -0.2) is 33.9 Å². The normalized spacial score (nSPS) is 32.6. The number of hydrogen-bond donors (Lipinski definition) is 1. The third-order valence-corrected chi connectivity index (χ3v) is 6.58. The molecule has 5 rings (SSSR count). The molecular weight excluding hydrogens is 298 g/mol. The van der Waals surface area contributed by atoms with Crippen LogP contribution in [0.15, 0.2) is 24.3 Å². The number of likely N-dealkylation sites (tertiary alicyclic amines) is 1. The number of aromatic amines is 1. The highest BCUT2D eigenvalue weighted by atomic mass is 16.2. The maximum Gasteiger partial charge on any atom is 0.225 e. The van der Waals surface area contributed by atoms with E-state index in [2.05, 4.69) is 22.0 Å². The Bertz CT molecular complexity index is 734. The fraction of sp³-hybridized carbons (Fsp3) is 0.600. The van der Waals surface area contributed by atoms with Crippen LogP contribution in [0.5, 0.6) is 0 Å². The van der Waals surface area contributed by atoms with E-state index in [1.165, 1.54) is 19.3 Å². The standard InChI is InChI=1S/C20H25N3O/c24-20(16-11-13-7-8-14(16)10-13)23-9-3-4-15(12-23)19-21-17-5-1-2-6-18(17)22-19/h1-2,5-6,13-16H,3-4,7-12H2,(H,21,22)/t13-,14-,15-,16-/m0/s1. The zero-order valence-electron chi connectivity index (χ0n) is 14.1. The van der Waals surface area contributed by atoms with Gasteiger partial charge in [-0.25, -0.2) is 4.98 Å². The molecule has 2 bridgehead atoms. The van der Waals surface area contributed by atoms with Crippen LogP contribution in [-0.2, 0) is 4.79 Å². The molecule has 2 aromatic rings. The lowest BCUT2D eigenvalue weighted by Crippen LogP contribution is -2.43. The van der Waals surface area contributed by atoms with E-state index in [0.29, 0.717) is 23.7 Å². The smallest absolute Gasteiger partial charge is 0.225 e. The largest absolute Gasteiger partial charge is 0.342 e. The molecule has 1 aliphatic heterocycles. The Morgan fingerprint density at radius 1 is 1.17 bits per heavy atom. The van der Waals surface area contributed by atoms with Gasteiger partial charge in [0.2, 0.25) is 5.91 Å². The molecule has 24 heavy (non-hydrogen) atoms. The number of piperidine rings is 1. The van der Waals surface area contributed by atoms with Crippen molar-refractivity contribution < 1.29 is 4.79 Å². The fourth-order valence-electron chi connectivity index (χ4n) is 5.35. The second-order valence-corrected chi connectivity index (χ2v) is 8.04. The van der Waals surface area contributed by atoms with Crippen molar-refractivity contribution >= 4 is 16.9 Å². The molecule has 1 N–H and O–H groups in total. The van der Waals surface area contributed by atoms with Gasteiger partial charge in [0.25, 0.3) is 0 Å². The Labute approximate surface area is 142 Å². The number of carbonyl (C=O) groups excluding carboxylic acids is 1. The van der Waals surface area contributed by atoms with Gasteiger partial charge in [0.1, 0.15) is 5.82 Å². The van der Waals surface area contributed by atoms with Crippen molar-refractivity contribution in [1.82, 2.24) is 14.9 Å². The molecule has 1 amide bonds. The van der Waals surface area contributed by atoms with Gasteiger partial charge in [0, 0.05) is 24.9 Å². The van der Waals surface area contributed by atoms with Crippen molar-refractivity contribution in [1.29, 1.82) is 0 Å². The summed E-state index contributed by atoms with van der Waals surface area (Å²) < 4.78 is 0. The van der Waals surface area contributed by atoms with Crippen molar-refractivity contribution in [2.45, 2.75) is 44.4 Å². The van der Waals surface area contributed by atoms with E-state index in [4.69, 9.17) is 4.98 Å². The van der Waals surface area contributed by atoms with Gasteiger partial charge in [-0.2, -0.15) is 0 Å². The van der Waals surface area contributed by atoms with Crippen molar-refractivity contribution in [3.63, 3.8) is 0 Å². The molecule has 1 aromatic heterocycles. The highest BCUT2D eigenvalue weighted by Crippen LogP contribution is 2.49. The third kappa shape index (κ3) is 2.35. The van der Waals surface area contributed by atoms with Gasteiger partial charge in [0.15, 0.2) is 0 Å². The molecule has 1 aromatic carbocycles. The number of nitrogens with zero attached hydrogens (tertiary/aromatic N) is 2. The summed E-state index contributed by atoms with van der Waals surface area (Å²) in [5, 5.41) is 0. The zero-order chi connectivity index (χ0) is 16.1. The van der Waals surface area contributed by atoms with E-state index in [-0.39, 0.29) is 0 Å². The third-order valence-electron chi connectivity index (χ3n) is 6.58. The van der Waals surface area contributed by atoms with Crippen LogP contribution < -0.4 is 0 Å². The Balaban J connectivity index is 1.33. The Morgan fingerprint density at radius 2 is 2.08 bits per heavy atom. The van der Waals surface area contributed by atoms with Crippen LogP contribution in [0.3, 0.4) is 0 Å². The van der Waals surface area contributed by atoms with E-state index < -0.39 is 0 Å². The van der Waals surface area contributed by atoms with E-state index in [9.17, 15) is 4.79 Å². The van der Waals surface area contributed by atoms with Crippen LogP contribution in [0, 0.1) is 17.8 Å². The van der Waals surface area contributed by atoms with Crippen LogP contribution in [0.25, 0.3) is 11.0 Å². The molecular formula is C20H25N3O. The molecule has 4 nitrogen and oxygen atoms in total. The molecule has 2 saturated carbocycles. The first-order valence-electron chi connectivity index (χ1n) is 9.51. The molecule has 2 aliphatic carbocycles. The number of hydrogen-bond acceptors (Lipinski definition) is 2. The number of para-hydroxylation sites is 2. The quantitative estimate of drug-likeness (QED) is 0.916. The molecule has 126 valence electrons. The fourth-order valence-corrected chi connectivity index (χ4v) is 5.35. The molecule has 4 atom stereocenters. The first-order chi connectivity index (χ1) is 11.8. The highest BCUT2D eigenvalue weighted by molar-refractivity contribution is 5.80. The Hall–Kier alpha value is -1.84. The lowest BCUT2D eigenvalue weighted by Gasteiger charge is -2.35. The van der Waals surface area contributed by atoms with Gasteiger partial charge in [-0.05, 0) is 56.1 Å². The predicted octanol–water partition coefficient (Wildman–Crippen LogP) is 3.71. The van der Waals surface area contributed by atoms with Crippen molar-refractivity contribution in [3.8, 4) is 0 Å². The topological polar surface area (TPSA) is 49.0 Å². The van der Waals surface area contributed by atoms with Crippen LogP contribution in [0.1, 0.15) is 50.3 Å². The molecule has 3 fully saturated rings. The number of H-pyrrole nitrogens is 1. The van der Waals surface area contributed by atoms with Gasteiger partial charge < -0.3 is 9.88 Å². The number of benzene rings is 1. The summed E-state index contributed by atoms with van der Waals surface area (Å²) >= 11 is 0. The molecule has 0 unspecified atom stereocenters. The second-order valence-electron chi connectivity index (χ2n) is 8.04. The van der Waals surface area contributed by atoms with Crippen LogP contribution >= 0.6 is 0 Å². The monoisotopic (exact) mass is 323 g/mol. The number of amides is 1. The maximum absolute atomic E-state index is 13.0. The minimum absolute atomic E-state index is 0.318. The summed E-state index contributed by atoms with van der Waals surface area (Å²) in [6, 6.07) is 8.19. The first kappa shape index (κ1) is 14.5. The minimum Gasteiger partial charge on any atom is -0.342 e. The molecule has 0 spiro atoms. The molecule has 2 heterocycles. The van der Waals surface area contributed by atoms with E-state index in [1.54, 1.807) is 0 Å². The highest BCUT2D eigenvalue weighted by Gasteiger charge is 2.45. The second kappa shape index (κ2) is 5.61. The van der Waals surface area contributed by atoms with Gasteiger partial charge in [-0.15, -0.1) is 0 Å². The summed E-state index contributed by atoms with van der Waals surface area (Å²) in [4.78, 5) is 23.4. The Kier molecular flexibility index (Phi) is 3.39. The van der Waals surface area contributed by atoms with E-state index in [0.717, 1.165) is 55.1 Å². The summed E-state index contributed by atoms with van der Waals surface area (Å²) in [5.41, 5.74) is 2.13. The SMILES string of the molecule is O=C([C@H]1C[C@H]2CC[C@H]1C2)N1CCC[C@H](c2nc3ccccc3[nH]2)C1. The molecule has 1 saturated heterocycles. The van der Waals surface area contributed by atoms with Crippen molar-refractivity contribution in [3.05, 3.63) is 30.1 Å². The summed E-state index contributed by atoms with van der Waals surface area (Å²) in [6.45, 7) is 1.77. The molecule has 4 heteroatoms. The summed E-state index contributed by atoms with van der Waals surface area (Å²) in [5.74, 6) is 3.67. The summed E-state index contributed by atoms with van der Waals surface area (Å²) in [7, 11) is 0. The number of fused-ring (bicyclic) bond motifs is 3. The number of nitrogens with one attached hydrogen (secondary N) is 1. The van der Waals surface area contributed by atoms with Gasteiger partial charge in [-0.3, -0.25) is 4.79 Å². The van der Waals surface area contributed by atoms with Gasteiger partial charge in [-0.1, -0.05) is 18.6 Å². The first-order valence-corrected chi connectivity index (χ1v) is 9.51.